The van der Waals surface area contributed by atoms with Gasteiger partial charge in [-0.25, -0.2) is 0 Å². The first-order valence-corrected chi connectivity index (χ1v) is 6.13. The lowest BCUT2D eigenvalue weighted by Crippen LogP contribution is -2.19. The van der Waals surface area contributed by atoms with Crippen molar-refractivity contribution in [2.45, 2.75) is 25.8 Å². The van der Waals surface area contributed by atoms with Gasteiger partial charge >= 0.3 is 0 Å². The van der Waals surface area contributed by atoms with Crippen LogP contribution < -0.4 is 5.32 Å². The van der Waals surface area contributed by atoms with Crippen LogP contribution in [0.1, 0.15) is 31.4 Å². The minimum Gasteiger partial charge on any atom is -0.310 e. The average molecular weight is 268 g/mol. The van der Waals surface area contributed by atoms with E-state index in [0.29, 0.717) is 6.04 Å². The van der Waals surface area contributed by atoms with Gasteiger partial charge in [0.25, 0.3) is 0 Å². The smallest absolute Gasteiger partial charge is 0.0292 e. The van der Waals surface area contributed by atoms with Gasteiger partial charge in [0, 0.05) is 10.5 Å². The second kappa shape index (κ2) is 6.81. The summed E-state index contributed by atoms with van der Waals surface area (Å²) >= 11 is 3.48. The number of hydrogen-bond acceptors (Lipinski definition) is 1. The first-order chi connectivity index (χ1) is 7.24. The molecule has 0 fully saturated rings. The molecule has 0 spiro atoms. The highest BCUT2D eigenvalue weighted by Gasteiger charge is 2.03. The highest BCUT2D eigenvalue weighted by atomic mass is 79.9. The lowest BCUT2D eigenvalue weighted by Gasteiger charge is -2.14. The van der Waals surface area contributed by atoms with E-state index in [1.54, 1.807) is 0 Å². The van der Waals surface area contributed by atoms with Crippen LogP contribution in [0.2, 0.25) is 0 Å². The molecule has 0 radical (unpaired) electrons. The molecule has 0 aliphatic rings. The van der Waals surface area contributed by atoms with Gasteiger partial charge in [-0.3, -0.25) is 0 Å². The van der Waals surface area contributed by atoms with Crippen LogP contribution >= 0.6 is 15.9 Å². The van der Waals surface area contributed by atoms with E-state index in [4.69, 9.17) is 0 Å². The minimum atomic E-state index is 0.410. The van der Waals surface area contributed by atoms with E-state index in [-0.39, 0.29) is 0 Å². The Morgan fingerprint density at radius 1 is 1.53 bits per heavy atom. The second-order valence-electron chi connectivity index (χ2n) is 3.66. The Kier molecular flexibility index (Phi) is 5.66. The molecule has 0 saturated carbocycles. The molecule has 2 heteroatoms. The maximum atomic E-state index is 3.71. The highest BCUT2D eigenvalue weighted by Crippen LogP contribution is 2.17. The Hall–Kier alpha value is -0.600. The Labute approximate surface area is 101 Å². The van der Waals surface area contributed by atoms with E-state index in [0.717, 1.165) is 23.9 Å². The first-order valence-electron chi connectivity index (χ1n) is 5.34. The summed E-state index contributed by atoms with van der Waals surface area (Å²) in [4.78, 5) is 0. The molecule has 1 N–H and O–H groups in total. The maximum absolute atomic E-state index is 3.71. The average Bonchev–Trinajstić information content (AvgIpc) is 2.24. The van der Waals surface area contributed by atoms with Crippen molar-refractivity contribution in [2.24, 2.45) is 0 Å². The molecule has 1 atom stereocenters. The number of rotatable bonds is 6. The van der Waals surface area contributed by atoms with Gasteiger partial charge in [0.1, 0.15) is 0 Å². The second-order valence-corrected chi connectivity index (χ2v) is 4.58. The molecule has 1 nitrogen and oxygen atoms in total. The number of unbranched alkanes of at least 4 members (excludes halogenated alkanes) is 1. The molecular formula is C13H18BrN. The fourth-order valence-electron chi connectivity index (χ4n) is 1.46. The lowest BCUT2D eigenvalue weighted by atomic mass is 10.1. The Balaban J connectivity index is 2.39. The molecule has 15 heavy (non-hydrogen) atoms. The standard InChI is InChI=1S/C13H18BrN/c1-3-4-5-9-15-11(2)12-7-6-8-13(14)10-12/h3,6-8,10-11,15H,1,4-5,9H2,2H3/t11-/m1/s1. The van der Waals surface area contributed by atoms with Crippen molar-refractivity contribution >= 4 is 15.9 Å². The molecule has 1 rings (SSSR count). The van der Waals surface area contributed by atoms with Crippen LogP contribution in [0.4, 0.5) is 0 Å². The van der Waals surface area contributed by atoms with Gasteiger partial charge in [-0.05, 0) is 44.0 Å². The van der Waals surface area contributed by atoms with Crippen molar-refractivity contribution in [3.63, 3.8) is 0 Å². The summed E-state index contributed by atoms with van der Waals surface area (Å²) in [5.74, 6) is 0. The molecule has 0 aliphatic carbocycles. The number of nitrogens with one attached hydrogen (secondary N) is 1. The molecule has 0 amide bonds. The zero-order valence-corrected chi connectivity index (χ0v) is 10.8. The van der Waals surface area contributed by atoms with Crippen molar-refractivity contribution < 1.29 is 0 Å². The first kappa shape index (κ1) is 12.5. The minimum absolute atomic E-state index is 0.410. The third-order valence-corrected chi connectivity index (χ3v) is 2.88. The SMILES string of the molecule is C=CCCCN[C@H](C)c1cccc(Br)c1. The Morgan fingerprint density at radius 2 is 2.33 bits per heavy atom. The van der Waals surface area contributed by atoms with Gasteiger partial charge in [0.2, 0.25) is 0 Å². The summed E-state index contributed by atoms with van der Waals surface area (Å²) in [6.07, 6.45) is 4.20. The van der Waals surface area contributed by atoms with E-state index in [9.17, 15) is 0 Å². The Bertz CT molecular complexity index is 309. The molecule has 0 aromatic heterocycles. The van der Waals surface area contributed by atoms with Gasteiger partial charge < -0.3 is 5.32 Å². The predicted molar refractivity (Wildman–Crippen MR) is 70.0 cm³/mol. The molecule has 82 valence electrons. The molecule has 0 heterocycles. The molecule has 0 aliphatic heterocycles. The fourth-order valence-corrected chi connectivity index (χ4v) is 1.88. The third-order valence-electron chi connectivity index (χ3n) is 2.38. The monoisotopic (exact) mass is 267 g/mol. The molecule has 1 aromatic carbocycles. The van der Waals surface area contributed by atoms with Crippen molar-refractivity contribution in [3.8, 4) is 0 Å². The van der Waals surface area contributed by atoms with Crippen LogP contribution in [0.25, 0.3) is 0 Å². The van der Waals surface area contributed by atoms with Crippen molar-refractivity contribution in [1.29, 1.82) is 0 Å². The fraction of sp³-hybridized carbons (Fsp3) is 0.385. The van der Waals surface area contributed by atoms with Gasteiger partial charge in [0.15, 0.2) is 0 Å². The van der Waals surface area contributed by atoms with Gasteiger partial charge in [-0.15, -0.1) is 6.58 Å². The van der Waals surface area contributed by atoms with Crippen LogP contribution in [0, 0.1) is 0 Å². The zero-order chi connectivity index (χ0) is 11.1. The topological polar surface area (TPSA) is 12.0 Å². The van der Waals surface area contributed by atoms with E-state index < -0.39 is 0 Å². The largest absolute Gasteiger partial charge is 0.310 e. The quantitative estimate of drug-likeness (QED) is 0.606. The molecule has 0 bridgehead atoms. The summed E-state index contributed by atoms with van der Waals surface area (Å²) in [5, 5.41) is 3.49. The number of hydrogen-bond donors (Lipinski definition) is 1. The normalized spacial score (nSPS) is 12.4. The molecular weight excluding hydrogens is 250 g/mol. The van der Waals surface area contributed by atoms with Gasteiger partial charge in [0.05, 0.1) is 0 Å². The number of allylic oxidation sites excluding steroid dienone is 1. The highest BCUT2D eigenvalue weighted by molar-refractivity contribution is 9.10. The van der Waals surface area contributed by atoms with E-state index in [2.05, 4.69) is 52.9 Å². The predicted octanol–water partition coefficient (Wildman–Crippen LogP) is 4.07. The van der Waals surface area contributed by atoms with E-state index >= 15 is 0 Å². The van der Waals surface area contributed by atoms with Crippen LogP contribution in [0.15, 0.2) is 41.4 Å². The Morgan fingerprint density at radius 3 is 3.00 bits per heavy atom. The van der Waals surface area contributed by atoms with Crippen molar-refractivity contribution in [3.05, 3.63) is 47.0 Å². The van der Waals surface area contributed by atoms with E-state index in [1.165, 1.54) is 5.56 Å². The summed E-state index contributed by atoms with van der Waals surface area (Å²) in [6.45, 7) is 6.94. The summed E-state index contributed by atoms with van der Waals surface area (Å²) in [5.41, 5.74) is 1.32. The number of benzene rings is 1. The number of halogens is 1. The third kappa shape index (κ3) is 4.63. The molecule has 1 aromatic rings. The van der Waals surface area contributed by atoms with Crippen molar-refractivity contribution in [1.82, 2.24) is 5.32 Å². The van der Waals surface area contributed by atoms with Gasteiger partial charge in [-0.1, -0.05) is 34.1 Å². The summed E-state index contributed by atoms with van der Waals surface area (Å²) in [6, 6.07) is 8.84. The maximum Gasteiger partial charge on any atom is 0.0292 e. The van der Waals surface area contributed by atoms with Crippen LogP contribution in [0.3, 0.4) is 0 Å². The molecule has 0 unspecified atom stereocenters. The van der Waals surface area contributed by atoms with Crippen molar-refractivity contribution in [2.75, 3.05) is 6.54 Å². The molecule has 0 saturated heterocycles. The zero-order valence-electron chi connectivity index (χ0n) is 9.17. The summed E-state index contributed by atoms with van der Waals surface area (Å²) in [7, 11) is 0. The van der Waals surface area contributed by atoms with Gasteiger partial charge in [-0.2, -0.15) is 0 Å². The van der Waals surface area contributed by atoms with E-state index in [1.807, 2.05) is 12.1 Å². The summed E-state index contributed by atoms with van der Waals surface area (Å²) < 4.78 is 1.14. The lowest BCUT2D eigenvalue weighted by molar-refractivity contribution is 0.561. The van der Waals surface area contributed by atoms with Crippen LogP contribution in [0.5, 0.6) is 0 Å². The van der Waals surface area contributed by atoms with Crippen LogP contribution in [-0.4, -0.2) is 6.54 Å². The van der Waals surface area contributed by atoms with Crippen LogP contribution in [-0.2, 0) is 0 Å².